The summed E-state index contributed by atoms with van der Waals surface area (Å²) >= 11 is 0. The van der Waals surface area contributed by atoms with Crippen LogP contribution in [0.15, 0.2) is 0 Å². The van der Waals surface area contributed by atoms with Crippen LogP contribution in [0.3, 0.4) is 0 Å². The molecule has 0 saturated carbocycles. The molecule has 0 aromatic rings. The zero-order valence-electron chi connectivity index (χ0n) is 8.18. The van der Waals surface area contributed by atoms with E-state index in [2.05, 4.69) is 27.7 Å². The highest BCUT2D eigenvalue weighted by atomic mass is 16.5. The highest BCUT2D eigenvalue weighted by molar-refractivity contribution is 4.76. The molecular formula is C9H21NO. The molecule has 0 aliphatic carbocycles. The second-order valence-corrected chi connectivity index (χ2v) is 3.71. The summed E-state index contributed by atoms with van der Waals surface area (Å²) in [6.07, 6.45) is 1.33. The third kappa shape index (κ3) is 3.73. The van der Waals surface area contributed by atoms with Gasteiger partial charge in [0, 0.05) is 12.0 Å². The number of hydrogen-bond acceptors (Lipinski definition) is 2. The highest BCUT2D eigenvalue weighted by Gasteiger charge is 2.24. The molecule has 0 aliphatic rings. The van der Waals surface area contributed by atoms with Gasteiger partial charge in [-0.1, -0.05) is 20.8 Å². The molecule has 0 radical (unpaired) electrons. The summed E-state index contributed by atoms with van der Waals surface area (Å²) < 4.78 is 5.57. The van der Waals surface area contributed by atoms with Gasteiger partial charge in [0.2, 0.25) is 0 Å². The first-order valence-electron chi connectivity index (χ1n) is 4.36. The van der Waals surface area contributed by atoms with Gasteiger partial charge in [-0.05, 0) is 19.9 Å². The molecule has 1 atom stereocenters. The van der Waals surface area contributed by atoms with Gasteiger partial charge in [-0.25, -0.2) is 0 Å². The Hall–Kier alpha value is -0.0800. The van der Waals surface area contributed by atoms with Crippen molar-refractivity contribution in [2.24, 2.45) is 11.1 Å². The quantitative estimate of drug-likeness (QED) is 0.663. The maximum atomic E-state index is 5.60. The average molecular weight is 159 g/mol. The van der Waals surface area contributed by atoms with Gasteiger partial charge in [0.05, 0.1) is 6.10 Å². The Kier molecular flexibility index (Phi) is 4.69. The first-order chi connectivity index (χ1) is 5.04. The Morgan fingerprint density at radius 2 is 2.00 bits per heavy atom. The van der Waals surface area contributed by atoms with E-state index >= 15 is 0 Å². The van der Waals surface area contributed by atoms with E-state index in [-0.39, 0.29) is 11.5 Å². The van der Waals surface area contributed by atoms with E-state index in [1.807, 2.05) is 0 Å². The molecule has 0 bridgehead atoms. The van der Waals surface area contributed by atoms with Crippen molar-refractivity contribution in [2.45, 2.75) is 40.2 Å². The molecule has 2 heteroatoms. The van der Waals surface area contributed by atoms with Crippen molar-refractivity contribution in [1.29, 1.82) is 0 Å². The van der Waals surface area contributed by atoms with Crippen LogP contribution in [0.4, 0.5) is 0 Å². The molecular weight excluding hydrogens is 138 g/mol. The molecule has 0 aromatic heterocycles. The minimum Gasteiger partial charge on any atom is -0.378 e. The normalized spacial score (nSPS) is 15.0. The van der Waals surface area contributed by atoms with Crippen molar-refractivity contribution in [1.82, 2.24) is 0 Å². The van der Waals surface area contributed by atoms with Gasteiger partial charge < -0.3 is 10.5 Å². The number of hydrogen-bond donors (Lipinski definition) is 1. The van der Waals surface area contributed by atoms with Gasteiger partial charge in [0.25, 0.3) is 0 Å². The highest BCUT2D eigenvalue weighted by Crippen LogP contribution is 2.21. The van der Waals surface area contributed by atoms with Crippen LogP contribution in [0.2, 0.25) is 0 Å². The molecule has 2 nitrogen and oxygen atoms in total. The van der Waals surface area contributed by atoms with Crippen LogP contribution < -0.4 is 5.73 Å². The average Bonchev–Trinajstić information content (AvgIpc) is 2.00. The van der Waals surface area contributed by atoms with Crippen LogP contribution in [0.1, 0.15) is 34.1 Å². The van der Waals surface area contributed by atoms with Crippen molar-refractivity contribution in [2.75, 3.05) is 13.2 Å². The van der Waals surface area contributed by atoms with Gasteiger partial charge in [-0.3, -0.25) is 0 Å². The fourth-order valence-electron chi connectivity index (χ4n) is 0.686. The van der Waals surface area contributed by atoms with E-state index < -0.39 is 0 Å². The lowest BCUT2D eigenvalue weighted by Crippen LogP contribution is -2.36. The molecule has 0 aliphatic heterocycles. The lowest BCUT2D eigenvalue weighted by Gasteiger charge is -2.30. The van der Waals surface area contributed by atoms with Crippen molar-refractivity contribution in [3.8, 4) is 0 Å². The smallest absolute Gasteiger partial charge is 0.0609 e. The fraction of sp³-hybridized carbons (Fsp3) is 1.00. The van der Waals surface area contributed by atoms with E-state index in [4.69, 9.17) is 10.5 Å². The van der Waals surface area contributed by atoms with Crippen LogP contribution in [0, 0.1) is 5.41 Å². The lowest BCUT2D eigenvalue weighted by molar-refractivity contribution is -0.00860. The predicted molar refractivity (Wildman–Crippen MR) is 48.5 cm³/mol. The molecule has 0 aromatic carbocycles. The van der Waals surface area contributed by atoms with Crippen molar-refractivity contribution < 1.29 is 4.74 Å². The van der Waals surface area contributed by atoms with E-state index in [0.29, 0.717) is 6.54 Å². The first kappa shape index (κ1) is 10.9. The van der Waals surface area contributed by atoms with Crippen LogP contribution >= 0.6 is 0 Å². The molecule has 68 valence electrons. The van der Waals surface area contributed by atoms with Crippen LogP contribution in [0.5, 0.6) is 0 Å². The van der Waals surface area contributed by atoms with Gasteiger partial charge in [0.15, 0.2) is 0 Å². The zero-order chi connectivity index (χ0) is 8.91. The molecule has 11 heavy (non-hydrogen) atoms. The van der Waals surface area contributed by atoms with Crippen LogP contribution in [-0.4, -0.2) is 19.3 Å². The molecule has 0 saturated heterocycles. The van der Waals surface area contributed by atoms with Gasteiger partial charge >= 0.3 is 0 Å². The Morgan fingerprint density at radius 1 is 1.45 bits per heavy atom. The topological polar surface area (TPSA) is 35.2 Å². The largest absolute Gasteiger partial charge is 0.378 e. The second-order valence-electron chi connectivity index (χ2n) is 3.71. The Bertz CT molecular complexity index is 102. The number of rotatable bonds is 5. The Morgan fingerprint density at radius 3 is 2.36 bits per heavy atom. The number of ether oxygens (including phenoxy) is 1. The Balaban J connectivity index is 3.71. The Labute approximate surface area is 70.1 Å². The maximum absolute atomic E-state index is 5.60. The summed E-state index contributed by atoms with van der Waals surface area (Å²) in [7, 11) is 0. The lowest BCUT2D eigenvalue weighted by atomic mass is 9.88. The third-order valence-electron chi connectivity index (χ3n) is 2.20. The van der Waals surface area contributed by atoms with Crippen molar-refractivity contribution >= 4 is 0 Å². The van der Waals surface area contributed by atoms with E-state index in [1.54, 1.807) is 0 Å². The minimum absolute atomic E-state index is 0.106. The first-order valence-corrected chi connectivity index (χ1v) is 4.36. The summed E-state index contributed by atoms with van der Waals surface area (Å²) in [5.74, 6) is 0. The molecule has 0 heterocycles. The summed E-state index contributed by atoms with van der Waals surface area (Å²) in [5.41, 5.74) is 5.71. The molecule has 0 amide bonds. The molecule has 1 unspecified atom stereocenters. The van der Waals surface area contributed by atoms with Crippen LogP contribution in [0.25, 0.3) is 0 Å². The zero-order valence-corrected chi connectivity index (χ0v) is 8.18. The summed E-state index contributed by atoms with van der Waals surface area (Å²) in [6.45, 7) is 9.98. The van der Waals surface area contributed by atoms with E-state index in [9.17, 15) is 0 Å². The second kappa shape index (κ2) is 4.73. The van der Waals surface area contributed by atoms with Gasteiger partial charge in [0.1, 0.15) is 0 Å². The van der Waals surface area contributed by atoms with Crippen molar-refractivity contribution in [3.63, 3.8) is 0 Å². The van der Waals surface area contributed by atoms with E-state index in [0.717, 1.165) is 13.0 Å². The molecule has 2 N–H and O–H groups in total. The molecule has 0 rings (SSSR count). The van der Waals surface area contributed by atoms with E-state index in [1.165, 1.54) is 0 Å². The summed E-state index contributed by atoms with van der Waals surface area (Å²) in [5, 5.41) is 0. The standard InChI is InChI=1S/C9H21NO/c1-5-6-11-8(2)9(3,4)7-10/h8H,5-7,10H2,1-4H3. The SMILES string of the molecule is CCCOC(C)C(C)(C)CN. The third-order valence-corrected chi connectivity index (χ3v) is 2.20. The predicted octanol–water partition coefficient (Wildman–Crippen LogP) is 1.79. The maximum Gasteiger partial charge on any atom is 0.0609 e. The van der Waals surface area contributed by atoms with Gasteiger partial charge in [-0.15, -0.1) is 0 Å². The van der Waals surface area contributed by atoms with Crippen LogP contribution in [-0.2, 0) is 4.74 Å². The number of nitrogens with two attached hydrogens (primary N) is 1. The summed E-state index contributed by atoms with van der Waals surface area (Å²) in [4.78, 5) is 0. The van der Waals surface area contributed by atoms with Gasteiger partial charge in [-0.2, -0.15) is 0 Å². The fourth-order valence-corrected chi connectivity index (χ4v) is 0.686. The summed E-state index contributed by atoms with van der Waals surface area (Å²) in [6, 6.07) is 0. The molecule has 0 fully saturated rings. The monoisotopic (exact) mass is 159 g/mol. The minimum atomic E-state index is 0.106. The molecule has 0 spiro atoms. The van der Waals surface area contributed by atoms with Crippen molar-refractivity contribution in [3.05, 3.63) is 0 Å².